The van der Waals surface area contributed by atoms with E-state index >= 15 is 0 Å². The van der Waals surface area contributed by atoms with Crippen molar-refractivity contribution in [3.8, 4) is 0 Å². The highest BCUT2D eigenvalue weighted by Crippen LogP contribution is 2.64. The third-order valence-corrected chi connectivity index (χ3v) is 9.70. The lowest BCUT2D eigenvalue weighted by molar-refractivity contribution is -0.150. The Balaban J connectivity index is 2.34. The Morgan fingerprint density at radius 1 is 1.32 bits per heavy atom. The molecule has 2 rings (SSSR count). The van der Waals surface area contributed by atoms with Gasteiger partial charge < -0.3 is 4.74 Å². The minimum Gasteiger partial charge on any atom is -0.461 e. The van der Waals surface area contributed by atoms with E-state index < -0.39 is 0 Å². The summed E-state index contributed by atoms with van der Waals surface area (Å²) in [6, 6.07) is 0. The van der Waals surface area contributed by atoms with Crippen molar-refractivity contribution in [3.05, 3.63) is 12.2 Å². The van der Waals surface area contributed by atoms with E-state index in [-0.39, 0.29) is 37.4 Å². The molecule has 22 heavy (non-hydrogen) atoms. The molecule has 0 heterocycles. The van der Waals surface area contributed by atoms with Crippen molar-refractivity contribution in [2.75, 3.05) is 0 Å². The third-order valence-electron chi connectivity index (χ3n) is 5.91. The van der Waals surface area contributed by atoms with Gasteiger partial charge >= 0.3 is 5.97 Å². The summed E-state index contributed by atoms with van der Waals surface area (Å²) in [5, 5.41) is 0. The monoisotopic (exact) mass is 454 g/mol. The number of ether oxygens (including phenoxy) is 1. The molecule has 2 fully saturated rings. The number of carbonyl (C=O) groups is 1. The van der Waals surface area contributed by atoms with Crippen LogP contribution in [0.2, 0.25) is 0 Å². The summed E-state index contributed by atoms with van der Waals surface area (Å²) >= 11 is 14.3. The van der Waals surface area contributed by atoms with Crippen LogP contribution in [0.1, 0.15) is 53.4 Å². The van der Waals surface area contributed by atoms with Gasteiger partial charge in [-0.2, -0.15) is 0 Å². The zero-order chi connectivity index (χ0) is 16.9. The predicted octanol–water partition coefficient (Wildman–Crippen LogP) is 5.60. The van der Waals surface area contributed by atoms with Crippen molar-refractivity contribution in [1.82, 2.24) is 0 Å². The van der Waals surface area contributed by atoms with E-state index in [9.17, 15) is 4.79 Å². The number of halogens is 3. The zero-order valence-electron chi connectivity index (χ0n) is 13.7. The molecule has 0 aromatic carbocycles. The molecule has 0 aliphatic heterocycles. The first kappa shape index (κ1) is 18.8. The first-order valence-corrected chi connectivity index (χ1v) is 9.97. The van der Waals surface area contributed by atoms with Gasteiger partial charge in [-0.25, -0.2) is 0 Å². The Bertz CT molecular complexity index is 489. The average Bonchev–Trinajstić information content (AvgIpc) is 2.38. The molecule has 0 aromatic heterocycles. The maximum absolute atomic E-state index is 11.4. The Morgan fingerprint density at radius 3 is 2.41 bits per heavy atom. The molecule has 5 heteroatoms. The van der Waals surface area contributed by atoms with Crippen LogP contribution in [0.5, 0.6) is 0 Å². The second-order valence-electron chi connectivity index (χ2n) is 7.61. The smallest absolute Gasteiger partial charge is 0.302 e. The van der Waals surface area contributed by atoms with Crippen LogP contribution in [-0.4, -0.2) is 26.6 Å². The van der Waals surface area contributed by atoms with E-state index in [1.807, 2.05) is 0 Å². The fraction of sp³-hybridized carbons (Fsp3) is 0.824. The molecule has 2 saturated carbocycles. The number of esters is 1. The second kappa shape index (κ2) is 6.07. The van der Waals surface area contributed by atoms with Crippen molar-refractivity contribution < 1.29 is 9.53 Å². The fourth-order valence-corrected chi connectivity index (χ4v) is 5.87. The number of rotatable bonds is 1. The maximum atomic E-state index is 11.4. The highest BCUT2D eigenvalue weighted by Gasteiger charge is 2.60. The van der Waals surface area contributed by atoms with E-state index in [4.69, 9.17) is 16.3 Å². The summed E-state index contributed by atoms with van der Waals surface area (Å²) in [4.78, 5) is 11.5. The van der Waals surface area contributed by atoms with Gasteiger partial charge in [0.05, 0.1) is 9.70 Å². The van der Waals surface area contributed by atoms with Crippen LogP contribution in [0.15, 0.2) is 12.2 Å². The molecular weight excluding hydrogens is 431 g/mol. The van der Waals surface area contributed by atoms with Gasteiger partial charge in [0, 0.05) is 18.2 Å². The summed E-state index contributed by atoms with van der Waals surface area (Å²) < 4.78 is 5.53. The van der Waals surface area contributed by atoms with E-state index in [0.717, 1.165) is 25.7 Å². The van der Waals surface area contributed by atoms with Crippen LogP contribution in [-0.2, 0) is 9.53 Å². The number of carbonyl (C=O) groups excluding carboxylic acids is 1. The van der Waals surface area contributed by atoms with Gasteiger partial charge in [-0.15, -0.1) is 11.6 Å². The van der Waals surface area contributed by atoms with Crippen LogP contribution < -0.4 is 0 Å². The van der Waals surface area contributed by atoms with Gasteiger partial charge in [0.1, 0.15) is 6.10 Å². The molecule has 2 nitrogen and oxygen atoms in total. The second-order valence-corrected chi connectivity index (χ2v) is 10.6. The maximum Gasteiger partial charge on any atom is 0.302 e. The SMILES string of the molecule is C=C1CC(OC(C)=O)C(Br)C(C)(C)C12CCC(C)(Cl)C(Br)C2. The van der Waals surface area contributed by atoms with Gasteiger partial charge in [0.2, 0.25) is 0 Å². The molecule has 0 radical (unpaired) electrons. The lowest BCUT2D eigenvalue weighted by Gasteiger charge is -2.60. The van der Waals surface area contributed by atoms with Crippen LogP contribution >= 0.6 is 43.5 Å². The van der Waals surface area contributed by atoms with Crippen LogP contribution in [0, 0.1) is 10.8 Å². The number of hydrogen-bond acceptors (Lipinski definition) is 2. The number of hydrogen-bond donors (Lipinski definition) is 0. The van der Waals surface area contributed by atoms with Gasteiger partial charge in [0.15, 0.2) is 0 Å². The highest BCUT2D eigenvalue weighted by atomic mass is 79.9. The van der Waals surface area contributed by atoms with Crippen LogP contribution in [0.3, 0.4) is 0 Å². The fourth-order valence-electron chi connectivity index (χ4n) is 4.18. The lowest BCUT2D eigenvalue weighted by atomic mass is 9.49. The van der Waals surface area contributed by atoms with E-state index in [2.05, 4.69) is 59.2 Å². The zero-order valence-corrected chi connectivity index (χ0v) is 17.6. The van der Waals surface area contributed by atoms with Crippen molar-refractivity contribution in [1.29, 1.82) is 0 Å². The quantitative estimate of drug-likeness (QED) is 0.292. The Labute approximate surface area is 155 Å². The van der Waals surface area contributed by atoms with Crippen molar-refractivity contribution >= 4 is 49.4 Å². The predicted molar refractivity (Wildman–Crippen MR) is 99.1 cm³/mol. The first-order chi connectivity index (χ1) is 9.94. The van der Waals surface area contributed by atoms with Crippen molar-refractivity contribution in [3.63, 3.8) is 0 Å². The molecule has 0 aromatic rings. The van der Waals surface area contributed by atoms with E-state index in [0.29, 0.717) is 0 Å². The molecule has 0 N–H and O–H groups in total. The van der Waals surface area contributed by atoms with Crippen LogP contribution in [0.25, 0.3) is 0 Å². The molecule has 0 amide bonds. The Hall–Kier alpha value is 0.460. The van der Waals surface area contributed by atoms with Gasteiger partial charge in [-0.1, -0.05) is 57.9 Å². The van der Waals surface area contributed by atoms with Crippen molar-refractivity contribution in [2.45, 2.75) is 74.0 Å². The number of alkyl halides is 3. The molecule has 5 unspecified atom stereocenters. The standard InChI is InChI=1S/C17H25Br2ClO2/c1-10-8-12(22-11(2)21)14(19)15(3,4)17(10)7-6-16(5,20)13(18)9-17/h12-14H,1,6-9H2,2-5H3. The molecule has 2 aliphatic carbocycles. The van der Waals surface area contributed by atoms with Crippen LogP contribution in [0.4, 0.5) is 0 Å². The molecule has 2 aliphatic rings. The average molecular weight is 457 g/mol. The summed E-state index contributed by atoms with van der Waals surface area (Å²) in [5.41, 5.74) is 1.14. The molecule has 1 spiro atoms. The first-order valence-electron chi connectivity index (χ1n) is 7.76. The van der Waals surface area contributed by atoms with Gasteiger partial charge in [0.25, 0.3) is 0 Å². The van der Waals surface area contributed by atoms with Gasteiger partial charge in [-0.3, -0.25) is 4.79 Å². The Morgan fingerprint density at radius 2 is 1.91 bits per heavy atom. The normalized spacial score (nSPS) is 44.9. The summed E-state index contributed by atoms with van der Waals surface area (Å²) in [6.07, 6.45) is 3.51. The Kier molecular flexibility index (Phi) is 5.19. The highest BCUT2D eigenvalue weighted by molar-refractivity contribution is 9.09. The topological polar surface area (TPSA) is 26.3 Å². The summed E-state index contributed by atoms with van der Waals surface area (Å²) in [5.74, 6) is -0.232. The minimum absolute atomic E-state index is 0.0143. The minimum atomic E-state index is -0.232. The van der Waals surface area contributed by atoms with E-state index in [1.54, 1.807) is 0 Å². The molecule has 5 atom stereocenters. The molecule has 0 bridgehead atoms. The molecular formula is C17H25Br2ClO2. The van der Waals surface area contributed by atoms with Crippen molar-refractivity contribution in [2.24, 2.45) is 10.8 Å². The van der Waals surface area contributed by atoms with E-state index in [1.165, 1.54) is 12.5 Å². The molecule has 126 valence electrons. The lowest BCUT2D eigenvalue weighted by Crippen LogP contribution is -2.58. The summed E-state index contributed by atoms with van der Waals surface area (Å²) in [6.45, 7) is 12.5. The van der Waals surface area contributed by atoms with Gasteiger partial charge in [-0.05, 0) is 37.0 Å². The largest absolute Gasteiger partial charge is 0.461 e. The molecule has 0 saturated heterocycles. The third kappa shape index (κ3) is 2.93. The summed E-state index contributed by atoms with van der Waals surface area (Å²) in [7, 11) is 0.